The summed E-state index contributed by atoms with van der Waals surface area (Å²) in [6, 6.07) is 13.5. The van der Waals surface area contributed by atoms with Crippen molar-refractivity contribution in [3.05, 3.63) is 58.1 Å². The number of hydrogen-bond acceptors (Lipinski definition) is 3. The first-order valence-corrected chi connectivity index (χ1v) is 7.77. The molecule has 0 aliphatic carbocycles. The molecule has 0 saturated heterocycles. The summed E-state index contributed by atoms with van der Waals surface area (Å²) in [5.74, 6) is 0.770. The molecule has 2 aromatic carbocycles. The van der Waals surface area contributed by atoms with E-state index in [-0.39, 0.29) is 12.5 Å². The van der Waals surface area contributed by atoms with Crippen LogP contribution in [0, 0.1) is 6.92 Å². The Labute approximate surface area is 139 Å². The maximum absolute atomic E-state index is 11.9. The van der Waals surface area contributed by atoms with Crippen molar-refractivity contribution in [3.63, 3.8) is 0 Å². The largest absolute Gasteiger partial charge is 0.497 e. The number of ether oxygens (including phenoxy) is 1. The monoisotopic (exact) mass is 362 g/mol. The predicted octanol–water partition coefficient (Wildman–Crippen LogP) is 3.49. The maximum Gasteiger partial charge on any atom is 0.238 e. The zero-order valence-corrected chi connectivity index (χ0v) is 14.2. The van der Waals surface area contributed by atoms with E-state index in [2.05, 4.69) is 26.6 Å². The Morgan fingerprint density at radius 1 is 1.18 bits per heavy atom. The standard InChI is InChI=1S/C17H19BrN2O2/c1-12-9-14(18)5-8-16(12)20-17(21)11-19-10-13-3-6-15(22-2)7-4-13/h3-9,19H,10-11H2,1-2H3,(H,20,21). The maximum atomic E-state index is 11.9. The molecule has 0 heterocycles. The number of amides is 1. The van der Waals surface area contributed by atoms with Crippen LogP contribution in [-0.2, 0) is 11.3 Å². The minimum atomic E-state index is -0.0565. The molecule has 0 saturated carbocycles. The lowest BCUT2D eigenvalue weighted by Crippen LogP contribution is -2.27. The van der Waals surface area contributed by atoms with Gasteiger partial charge in [0.15, 0.2) is 0 Å². The second kappa shape index (κ2) is 7.96. The summed E-state index contributed by atoms with van der Waals surface area (Å²) >= 11 is 3.41. The van der Waals surface area contributed by atoms with Crippen LogP contribution in [0.2, 0.25) is 0 Å². The van der Waals surface area contributed by atoms with E-state index in [1.807, 2.05) is 49.4 Å². The highest BCUT2D eigenvalue weighted by atomic mass is 79.9. The van der Waals surface area contributed by atoms with Gasteiger partial charge >= 0.3 is 0 Å². The van der Waals surface area contributed by atoms with Gasteiger partial charge in [-0.1, -0.05) is 28.1 Å². The van der Waals surface area contributed by atoms with Gasteiger partial charge in [-0.25, -0.2) is 0 Å². The molecule has 0 bridgehead atoms. The summed E-state index contributed by atoms with van der Waals surface area (Å²) in [6.45, 7) is 2.86. The van der Waals surface area contributed by atoms with Gasteiger partial charge in [0.2, 0.25) is 5.91 Å². The quantitative estimate of drug-likeness (QED) is 0.826. The number of hydrogen-bond donors (Lipinski definition) is 2. The first-order chi connectivity index (χ1) is 10.6. The Balaban J connectivity index is 1.79. The van der Waals surface area contributed by atoms with Gasteiger partial charge in [-0.2, -0.15) is 0 Å². The molecule has 22 heavy (non-hydrogen) atoms. The van der Waals surface area contributed by atoms with E-state index in [1.165, 1.54) is 0 Å². The average Bonchev–Trinajstić information content (AvgIpc) is 2.51. The minimum absolute atomic E-state index is 0.0565. The Morgan fingerprint density at radius 3 is 2.55 bits per heavy atom. The predicted molar refractivity (Wildman–Crippen MR) is 92.2 cm³/mol. The van der Waals surface area contributed by atoms with Gasteiger partial charge in [-0.3, -0.25) is 4.79 Å². The number of aryl methyl sites for hydroxylation is 1. The molecule has 116 valence electrons. The highest BCUT2D eigenvalue weighted by molar-refractivity contribution is 9.10. The van der Waals surface area contributed by atoms with Gasteiger partial charge in [0.25, 0.3) is 0 Å². The van der Waals surface area contributed by atoms with E-state index in [4.69, 9.17) is 4.74 Å². The first-order valence-electron chi connectivity index (χ1n) is 6.98. The molecule has 0 aliphatic heterocycles. The fraction of sp³-hybridized carbons (Fsp3) is 0.235. The molecule has 5 heteroatoms. The lowest BCUT2D eigenvalue weighted by atomic mass is 10.2. The number of carbonyl (C=O) groups excluding carboxylic acids is 1. The molecule has 2 rings (SSSR count). The van der Waals surface area contributed by atoms with E-state index in [0.29, 0.717) is 6.54 Å². The van der Waals surface area contributed by atoms with Gasteiger partial charge in [-0.15, -0.1) is 0 Å². The number of benzene rings is 2. The van der Waals surface area contributed by atoms with Gasteiger partial charge < -0.3 is 15.4 Å². The lowest BCUT2D eigenvalue weighted by molar-refractivity contribution is -0.115. The van der Waals surface area contributed by atoms with Crippen molar-refractivity contribution in [2.45, 2.75) is 13.5 Å². The van der Waals surface area contributed by atoms with Crippen molar-refractivity contribution < 1.29 is 9.53 Å². The third-order valence-electron chi connectivity index (χ3n) is 3.24. The molecule has 4 nitrogen and oxygen atoms in total. The minimum Gasteiger partial charge on any atom is -0.497 e. The van der Waals surface area contributed by atoms with Crippen LogP contribution in [0.5, 0.6) is 5.75 Å². The number of halogens is 1. The third-order valence-corrected chi connectivity index (χ3v) is 3.73. The Bertz CT molecular complexity index is 642. The number of nitrogens with one attached hydrogen (secondary N) is 2. The highest BCUT2D eigenvalue weighted by Gasteiger charge is 2.05. The third kappa shape index (κ3) is 4.86. The van der Waals surface area contributed by atoms with Crippen molar-refractivity contribution in [1.82, 2.24) is 5.32 Å². The first kappa shape index (κ1) is 16.5. The second-order valence-corrected chi connectivity index (χ2v) is 5.87. The smallest absolute Gasteiger partial charge is 0.238 e. The zero-order chi connectivity index (χ0) is 15.9. The van der Waals surface area contributed by atoms with Crippen LogP contribution >= 0.6 is 15.9 Å². The number of methoxy groups -OCH3 is 1. The van der Waals surface area contributed by atoms with E-state index >= 15 is 0 Å². The molecule has 0 aromatic heterocycles. The van der Waals surface area contributed by atoms with Crippen LogP contribution in [0.4, 0.5) is 5.69 Å². The number of anilines is 1. The molecule has 2 aromatic rings. The molecule has 0 fully saturated rings. The van der Waals surface area contributed by atoms with Crippen molar-refractivity contribution in [2.75, 3.05) is 19.0 Å². The second-order valence-electron chi connectivity index (χ2n) is 4.96. The number of rotatable bonds is 6. The van der Waals surface area contributed by atoms with Crippen molar-refractivity contribution in [2.24, 2.45) is 0 Å². The van der Waals surface area contributed by atoms with E-state index in [1.54, 1.807) is 7.11 Å². The topological polar surface area (TPSA) is 50.4 Å². The van der Waals surface area contributed by atoms with Crippen LogP contribution in [0.15, 0.2) is 46.9 Å². The van der Waals surface area contributed by atoms with E-state index in [0.717, 1.165) is 27.0 Å². The highest BCUT2D eigenvalue weighted by Crippen LogP contribution is 2.19. The molecule has 0 radical (unpaired) electrons. The van der Waals surface area contributed by atoms with Crippen molar-refractivity contribution in [1.29, 1.82) is 0 Å². The summed E-state index contributed by atoms with van der Waals surface area (Å²) in [4.78, 5) is 11.9. The van der Waals surface area contributed by atoms with Gasteiger partial charge in [0, 0.05) is 16.7 Å². The Hall–Kier alpha value is -1.85. The molecule has 0 spiro atoms. The summed E-state index contributed by atoms with van der Waals surface area (Å²) in [5.41, 5.74) is 2.96. The summed E-state index contributed by atoms with van der Waals surface area (Å²) < 4.78 is 6.11. The average molecular weight is 363 g/mol. The molecule has 0 unspecified atom stereocenters. The molecule has 0 aliphatic rings. The van der Waals surface area contributed by atoms with Crippen LogP contribution < -0.4 is 15.4 Å². The van der Waals surface area contributed by atoms with Crippen LogP contribution in [-0.4, -0.2) is 19.6 Å². The van der Waals surface area contributed by atoms with E-state index < -0.39 is 0 Å². The Kier molecular flexibility index (Phi) is 5.98. The SMILES string of the molecule is COc1ccc(CNCC(=O)Nc2ccc(Br)cc2C)cc1. The molecule has 2 N–H and O–H groups in total. The Morgan fingerprint density at radius 2 is 1.91 bits per heavy atom. The molecular weight excluding hydrogens is 344 g/mol. The molecule has 1 amide bonds. The zero-order valence-electron chi connectivity index (χ0n) is 12.7. The van der Waals surface area contributed by atoms with Gasteiger partial charge in [0.05, 0.1) is 13.7 Å². The van der Waals surface area contributed by atoms with Crippen molar-refractivity contribution >= 4 is 27.5 Å². The lowest BCUT2D eigenvalue weighted by Gasteiger charge is -2.10. The summed E-state index contributed by atoms with van der Waals surface area (Å²) in [5, 5.41) is 6.03. The number of carbonyl (C=O) groups is 1. The normalized spacial score (nSPS) is 10.3. The van der Waals surface area contributed by atoms with Crippen molar-refractivity contribution in [3.8, 4) is 5.75 Å². The van der Waals surface area contributed by atoms with Crippen LogP contribution in [0.1, 0.15) is 11.1 Å². The van der Waals surface area contributed by atoms with Crippen LogP contribution in [0.25, 0.3) is 0 Å². The fourth-order valence-electron chi connectivity index (χ4n) is 2.03. The van der Waals surface area contributed by atoms with Gasteiger partial charge in [0.1, 0.15) is 5.75 Å². The summed E-state index contributed by atoms with van der Waals surface area (Å²) in [7, 11) is 1.64. The van der Waals surface area contributed by atoms with Crippen LogP contribution in [0.3, 0.4) is 0 Å². The van der Waals surface area contributed by atoms with E-state index in [9.17, 15) is 4.79 Å². The van der Waals surface area contributed by atoms with Gasteiger partial charge in [-0.05, 0) is 48.4 Å². The fourth-order valence-corrected chi connectivity index (χ4v) is 2.50. The molecule has 0 atom stereocenters. The molecular formula is C17H19BrN2O2. The summed E-state index contributed by atoms with van der Waals surface area (Å²) in [6.07, 6.45) is 0.